The van der Waals surface area contributed by atoms with Gasteiger partial charge < -0.3 is 89.1 Å². The van der Waals surface area contributed by atoms with Crippen molar-refractivity contribution in [3.63, 3.8) is 0 Å². The van der Waals surface area contributed by atoms with E-state index in [2.05, 4.69) is 32.9 Å². The molecule has 11 N–H and O–H groups in total. The minimum Gasteiger partial charge on any atom is -0.463 e. The van der Waals surface area contributed by atoms with Gasteiger partial charge in [0, 0.05) is 19.3 Å². The molecule has 0 spiro atoms. The molecule has 2 saturated heterocycles. The van der Waals surface area contributed by atoms with Crippen molar-refractivity contribution < 1.29 is 117 Å². The molecule has 1 saturated carbocycles. The highest BCUT2D eigenvalue weighted by Crippen LogP contribution is 2.49. The molecule has 25 heteroatoms. The molecule has 3 aliphatic rings. The number of phosphoric ester groups is 1. The van der Waals surface area contributed by atoms with Gasteiger partial charge in [0.2, 0.25) is 0 Å². The van der Waals surface area contributed by atoms with Crippen LogP contribution in [0.2, 0.25) is 0 Å². The van der Waals surface area contributed by atoms with E-state index in [-0.39, 0.29) is 19.3 Å². The fraction of sp³-hybridized carbons (Fsp3) is 0.925. The number of aliphatic hydroxyl groups excluding tert-OH is 10. The van der Waals surface area contributed by atoms with E-state index in [0.717, 1.165) is 96.3 Å². The molecule has 0 aromatic rings. The minimum atomic E-state index is -5.69. The quantitative estimate of drug-likeness (QED) is 0.00894. The van der Waals surface area contributed by atoms with Crippen molar-refractivity contribution in [2.45, 2.75) is 369 Å². The molecule has 3 rings (SSSR count). The van der Waals surface area contributed by atoms with E-state index < -0.39 is 156 Å². The molecule has 2 aliphatic heterocycles. The molecule has 1 aliphatic carbocycles. The Labute approximate surface area is 548 Å². The van der Waals surface area contributed by atoms with Crippen LogP contribution in [0.4, 0.5) is 0 Å². The average Bonchev–Trinajstić information content (AvgIpc) is 0.779. The van der Waals surface area contributed by atoms with Crippen LogP contribution in [0.25, 0.3) is 0 Å². The topological polar surface area (TPSA) is 374 Å². The molecule has 0 radical (unpaired) electrons. The normalized spacial score (nSPS) is 28.7. The van der Waals surface area contributed by atoms with Crippen LogP contribution in [0, 0.1) is 0 Å². The first-order valence-corrected chi connectivity index (χ1v) is 37.0. The Morgan fingerprint density at radius 1 is 0.413 bits per heavy atom. The molecule has 0 aromatic heterocycles. The Morgan fingerprint density at radius 2 is 0.761 bits per heavy atom. The summed E-state index contributed by atoms with van der Waals surface area (Å²) in [5.41, 5.74) is 0. The van der Waals surface area contributed by atoms with Crippen molar-refractivity contribution in [1.82, 2.24) is 0 Å². The molecule has 540 valence electrons. The summed E-state index contributed by atoms with van der Waals surface area (Å²) in [6.45, 7) is 3.38. The third-order valence-electron chi connectivity index (χ3n) is 17.5. The van der Waals surface area contributed by atoms with Crippen molar-refractivity contribution in [1.29, 1.82) is 0 Å². The fourth-order valence-corrected chi connectivity index (χ4v) is 12.7. The van der Waals surface area contributed by atoms with Gasteiger partial charge in [-0.1, -0.05) is 213 Å². The summed E-state index contributed by atoms with van der Waals surface area (Å²) in [4.78, 5) is 50.8. The molecular weight excluding hydrogens is 1220 g/mol. The molecule has 18 unspecified atom stereocenters. The van der Waals surface area contributed by atoms with Gasteiger partial charge >= 0.3 is 25.7 Å². The summed E-state index contributed by atoms with van der Waals surface area (Å²) in [7, 11) is -5.69. The Bertz CT molecular complexity index is 1970. The molecule has 3 fully saturated rings. The van der Waals surface area contributed by atoms with Crippen LogP contribution < -0.4 is 0 Å². The van der Waals surface area contributed by atoms with E-state index in [1.165, 1.54) is 109 Å². The average molecular weight is 1340 g/mol. The number of hydrogen-bond donors (Lipinski definition) is 11. The highest BCUT2D eigenvalue weighted by Gasteiger charge is 2.58. The van der Waals surface area contributed by atoms with Gasteiger partial charge in [-0.05, 0) is 44.9 Å². The number of carbonyl (C=O) groups excluding carboxylic acids is 3. The van der Waals surface area contributed by atoms with Gasteiger partial charge in [-0.3, -0.25) is 23.4 Å². The number of rotatable bonds is 54. The third-order valence-corrected chi connectivity index (χ3v) is 18.5. The lowest BCUT2D eigenvalue weighted by Crippen LogP contribution is -2.69. The third kappa shape index (κ3) is 33.8. The molecule has 0 amide bonds. The minimum absolute atomic E-state index is 0.0275. The predicted molar refractivity (Wildman–Crippen MR) is 342 cm³/mol. The van der Waals surface area contributed by atoms with E-state index in [0.29, 0.717) is 19.3 Å². The summed E-state index contributed by atoms with van der Waals surface area (Å²) in [5, 5.41) is 110. The fourth-order valence-electron chi connectivity index (χ4n) is 11.7. The van der Waals surface area contributed by atoms with E-state index in [4.69, 9.17) is 42.2 Å². The Morgan fingerprint density at radius 3 is 1.18 bits per heavy atom. The second-order valence-electron chi connectivity index (χ2n) is 25.6. The number of hydrogen-bond acceptors (Lipinski definition) is 23. The van der Waals surface area contributed by atoms with Crippen molar-refractivity contribution in [3.05, 3.63) is 12.2 Å². The summed E-state index contributed by atoms with van der Waals surface area (Å²) in [6, 6.07) is 0. The molecule has 24 nitrogen and oxygen atoms in total. The maximum atomic E-state index is 14.3. The molecule has 92 heavy (non-hydrogen) atoms. The molecule has 2 heterocycles. The standard InChI is InChI=1S/C67H123O24P/c1-4-7-10-13-16-19-22-24-27-30-32-35-38-41-51(69)83-45-48(86-53(71)43-40-37-34-31-28-25-23-20-17-14-11-8-5-2)46-85-92(81,82)91-65-63(89-66-61(79)56(74)54(72)49(44-68)87-66)59(77)58(76)60(78)64(65)90-67-62(80)57(75)55(73)50(88-67)47-84-52(70)42-39-36-33-29-26-21-18-15-12-9-6-3/h24,27,48-50,54-68,72-80H,4-23,25-26,28-47H2,1-3H3,(H,81,82)/b27-24-. The lowest BCUT2D eigenvalue weighted by Gasteiger charge is -2.49. The van der Waals surface area contributed by atoms with Gasteiger partial charge in [-0.15, -0.1) is 0 Å². The summed E-state index contributed by atoms with van der Waals surface area (Å²) >= 11 is 0. The Balaban J connectivity index is 1.77. The number of carbonyl (C=O) groups is 3. The van der Waals surface area contributed by atoms with Crippen LogP contribution in [0.3, 0.4) is 0 Å². The first-order chi connectivity index (χ1) is 44.3. The Kier molecular flexibility index (Phi) is 45.7. The van der Waals surface area contributed by atoms with E-state index >= 15 is 0 Å². The summed E-state index contributed by atoms with van der Waals surface area (Å²) < 4.78 is 64.8. The predicted octanol–water partition coefficient (Wildman–Crippen LogP) is 8.40. The first-order valence-electron chi connectivity index (χ1n) is 35.5. The van der Waals surface area contributed by atoms with Gasteiger partial charge in [-0.2, -0.15) is 0 Å². The zero-order valence-corrected chi connectivity index (χ0v) is 56.7. The lowest BCUT2D eigenvalue weighted by molar-refractivity contribution is -0.360. The number of aliphatic hydroxyl groups is 10. The molecule has 18 atom stereocenters. The van der Waals surface area contributed by atoms with Gasteiger partial charge in [0.1, 0.15) is 98.7 Å². The van der Waals surface area contributed by atoms with Gasteiger partial charge in [0.25, 0.3) is 0 Å². The van der Waals surface area contributed by atoms with Gasteiger partial charge in [0.05, 0.1) is 13.2 Å². The second-order valence-corrected chi connectivity index (χ2v) is 27.0. The molecular formula is C67H123O24P. The number of esters is 3. The zero-order chi connectivity index (χ0) is 67.5. The molecule has 0 aromatic carbocycles. The maximum absolute atomic E-state index is 14.3. The number of unbranched alkanes of at least 4 members (excludes halogenated alkanes) is 31. The van der Waals surface area contributed by atoms with Crippen LogP contribution >= 0.6 is 7.82 Å². The highest BCUT2D eigenvalue weighted by atomic mass is 31.2. The summed E-state index contributed by atoms with van der Waals surface area (Å²) in [5.74, 6) is -2.00. The van der Waals surface area contributed by atoms with Crippen LogP contribution in [-0.4, -0.2) is 204 Å². The van der Waals surface area contributed by atoms with Crippen molar-refractivity contribution in [2.24, 2.45) is 0 Å². The van der Waals surface area contributed by atoms with Crippen molar-refractivity contribution in [3.8, 4) is 0 Å². The van der Waals surface area contributed by atoms with E-state index in [1.54, 1.807) is 0 Å². The largest absolute Gasteiger partial charge is 0.472 e. The highest BCUT2D eigenvalue weighted by molar-refractivity contribution is 7.47. The van der Waals surface area contributed by atoms with Crippen LogP contribution in [-0.2, 0) is 61.2 Å². The number of phosphoric acid groups is 1. The Hall–Kier alpha value is -2.30. The number of ether oxygens (including phenoxy) is 7. The van der Waals surface area contributed by atoms with Crippen LogP contribution in [0.1, 0.15) is 265 Å². The SMILES string of the molecule is CCCCCCCC/C=C\CCCCCC(=O)OCC(COP(=O)(O)OC1C(OC2OC(CO)C(O)C(O)C2O)C(O)C(O)C(O)C1OC1OC(COC(=O)CCCCCCCCCCCCC)C(O)C(O)C1O)OC(=O)CCCCCCCCCCCCCCC. The van der Waals surface area contributed by atoms with Gasteiger partial charge in [0.15, 0.2) is 18.7 Å². The van der Waals surface area contributed by atoms with Crippen molar-refractivity contribution >= 4 is 25.7 Å². The summed E-state index contributed by atoms with van der Waals surface area (Å²) in [6.07, 6.45) is 6.03. The zero-order valence-electron chi connectivity index (χ0n) is 55.8. The lowest BCUT2D eigenvalue weighted by atomic mass is 9.84. The molecule has 0 bridgehead atoms. The van der Waals surface area contributed by atoms with Crippen molar-refractivity contribution in [2.75, 3.05) is 26.4 Å². The second kappa shape index (κ2) is 50.1. The van der Waals surface area contributed by atoms with E-state index in [1.807, 2.05) is 0 Å². The maximum Gasteiger partial charge on any atom is 0.472 e. The monoisotopic (exact) mass is 1340 g/mol. The van der Waals surface area contributed by atoms with E-state index in [9.17, 15) is 74.9 Å². The van der Waals surface area contributed by atoms with Crippen LogP contribution in [0.5, 0.6) is 0 Å². The van der Waals surface area contributed by atoms with Gasteiger partial charge in [-0.25, -0.2) is 4.57 Å². The smallest absolute Gasteiger partial charge is 0.463 e. The number of allylic oxidation sites excluding steroid dienone is 2. The van der Waals surface area contributed by atoms with Crippen LogP contribution in [0.15, 0.2) is 12.2 Å². The first kappa shape index (κ1) is 83.9.